The quantitative estimate of drug-likeness (QED) is 0.412. The topological polar surface area (TPSA) is 99.3 Å². The third-order valence-corrected chi connectivity index (χ3v) is 4.79. The second-order valence-electron chi connectivity index (χ2n) is 7.46. The van der Waals surface area contributed by atoms with Crippen molar-refractivity contribution in [3.05, 3.63) is 59.7 Å². The summed E-state index contributed by atoms with van der Waals surface area (Å²) in [7, 11) is 0. The number of nitrogens with one attached hydrogen (secondary N) is 4. The Morgan fingerprint density at radius 1 is 0.903 bits per heavy atom. The van der Waals surface area contributed by atoms with Crippen LogP contribution in [-0.2, 0) is 4.79 Å². The van der Waals surface area contributed by atoms with Crippen molar-refractivity contribution in [1.29, 1.82) is 0 Å². The highest BCUT2D eigenvalue weighted by molar-refractivity contribution is 5.98. The van der Waals surface area contributed by atoms with Gasteiger partial charge in [0.1, 0.15) is 0 Å². The SMILES string of the molecule is CCCCNC(=O)c1cccc(NCC(=O)Nc2cccc(C(=O)NC(C)CC)c2)c1. The molecule has 7 heteroatoms. The van der Waals surface area contributed by atoms with Crippen LogP contribution in [0.5, 0.6) is 0 Å². The fourth-order valence-electron chi connectivity index (χ4n) is 2.79. The molecule has 0 radical (unpaired) electrons. The van der Waals surface area contributed by atoms with Crippen LogP contribution in [-0.4, -0.2) is 36.9 Å². The van der Waals surface area contributed by atoms with E-state index in [4.69, 9.17) is 0 Å². The van der Waals surface area contributed by atoms with Crippen molar-refractivity contribution in [2.75, 3.05) is 23.7 Å². The Morgan fingerprint density at radius 2 is 1.55 bits per heavy atom. The standard InChI is InChI=1S/C24H32N4O3/c1-4-6-13-25-23(30)18-9-7-11-20(14-18)26-16-22(29)28-21-12-8-10-19(15-21)24(31)27-17(3)5-2/h7-12,14-15,17,26H,4-6,13,16H2,1-3H3,(H,25,30)(H,27,31)(H,28,29). The van der Waals surface area contributed by atoms with Gasteiger partial charge in [0, 0.05) is 35.1 Å². The fourth-order valence-corrected chi connectivity index (χ4v) is 2.79. The van der Waals surface area contributed by atoms with Crippen molar-refractivity contribution in [2.45, 2.75) is 46.1 Å². The number of anilines is 2. The average molecular weight is 425 g/mol. The fraction of sp³-hybridized carbons (Fsp3) is 0.375. The minimum Gasteiger partial charge on any atom is -0.376 e. The van der Waals surface area contributed by atoms with Crippen LogP contribution in [0.25, 0.3) is 0 Å². The second kappa shape index (κ2) is 12.4. The van der Waals surface area contributed by atoms with Gasteiger partial charge < -0.3 is 21.3 Å². The van der Waals surface area contributed by atoms with Gasteiger partial charge in [-0.1, -0.05) is 32.4 Å². The van der Waals surface area contributed by atoms with E-state index in [2.05, 4.69) is 28.2 Å². The Kier molecular flexibility index (Phi) is 9.55. The Morgan fingerprint density at radius 3 is 2.23 bits per heavy atom. The molecule has 2 aromatic rings. The first-order chi connectivity index (χ1) is 14.9. The summed E-state index contributed by atoms with van der Waals surface area (Å²) in [5, 5.41) is 11.6. The molecule has 3 amide bonds. The van der Waals surface area contributed by atoms with Gasteiger partial charge in [0.25, 0.3) is 11.8 Å². The van der Waals surface area contributed by atoms with Gasteiger partial charge >= 0.3 is 0 Å². The Labute approximate surface area is 184 Å². The lowest BCUT2D eigenvalue weighted by molar-refractivity contribution is -0.114. The van der Waals surface area contributed by atoms with E-state index in [-0.39, 0.29) is 30.3 Å². The molecule has 166 valence electrons. The van der Waals surface area contributed by atoms with E-state index in [1.165, 1.54) is 0 Å². The maximum Gasteiger partial charge on any atom is 0.251 e. The van der Waals surface area contributed by atoms with Crippen LogP contribution in [0, 0.1) is 0 Å². The third-order valence-electron chi connectivity index (χ3n) is 4.79. The molecule has 0 saturated heterocycles. The summed E-state index contributed by atoms with van der Waals surface area (Å²) in [6.45, 7) is 6.69. The van der Waals surface area contributed by atoms with Gasteiger partial charge in [-0.25, -0.2) is 0 Å². The molecule has 0 spiro atoms. The van der Waals surface area contributed by atoms with E-state index < -0.39 is 0 Å². The smallest absolute Gasteiger partial charge is 0.251 e. The molecule has 0 fully saturated rings. The molecule has 31 heavy (non-hydrogen) atoms. The van der Waals surface area contributed by atoms with Crippen molar-refractivity contribution in [3.8, 4) is 0 Å². The molecule has 0 bridgehead atoms. The molecule has 7 nitrogen and oxygen atoms in total. The zero-order valence-electron chi connectivity index (χ0n) is 18.5. The largest absolute Gasteiger partial charge is 0.376 e. The number of hydrogen-bond donors (Lipinski definition) is 4. The maximum absolute atomic E-state index is 12.3. The lowest BCUT2D eigenvalue weighted by atomic mass is 10.1. The first kappa shape index (κ1) is 23.9. The van der Waals surface area contributed by atoms with Crippen molar-refractivity contribution < 1.29 is 14.4 Å². The highest BCUT2D eigenvalue weighted by atomic mass is 16.2. The summed E-state index contributed by atoms with van der Waals surface area (Å²) in [5.41, 5.74) is 2.27. The van der Waals surface area contributed by atoms with Crippen LogP contribution in [0.2, 0.25) is 0 Å². The van der Waals surface area contributed by atoms with Gasteiger partial charge in [0.2, 0.25) is 5.91 Å². The highest BCUT2D eigenvalue weighted by Crippen LogP contribution is 2.13. The molecule has 4 N–H and O–H groups in total. The lowest BCUT2D eigenvalue weighted by Gasteiger charge is -2.13. The lowest BCUT2D eigenvalue weighted by Crippen LogP contribution is -2.32. The van der Waals surface area contributed by atoms with Crippen molar-refractivity contribution >= 4 is 29.1 Å². The zero-order valence-corrected chi connectivity index (χ0v) is 18.5. The average Bonchev–Trinajstić information content (AvgIpc) is 2.78. The van der Waals surface area contributed by atoms with Crippen molar-refractivity contribution in [2.24, 2.45) is 0 Å². The molecular formula is C24H32N4O3. The summed E-state index contributed by atoms with van der Waals surface area (Å²) >= 11 is 0. The summed E-state index contributed by atoms with van der Waals surface area (Å²) in [4.78, 5) is 36.8. The molecule has 0 aliphatic carbocycles. The van der Waals surface area contributed by atoms with Gasteiger partial charge in [0.05, 0.1) is 6.54 Å². The van der Waals surface area contributed by atoms with Gasteiger partial charge in [-0.15, -0.1) is 0 Å². The van der Waals surface area contributed by atoms with Crippen LogP contribution in [0.4, 0.5) is 11.4 Å². The monoisotopic (exact) mass is 424 g/mol. The van der Waals surface area contributed by atoms with E-state index in [0.717, 1.165) is 19.3 Å². The van der Waals surface area contributed by atoms with E-state index >= 15 is 0 Å². The normalized spacial score (nSPS) is 11.3. The van der Waals surface area contributed by atoms with Gasteiger partial charge in [-0.05, 0) is 56.2 Å². The number of hydrogen-bond acceptors (Lipinski definition) is 4. The Hall–Kier alpha value is -3.35. The molecule has 1 atom stereocenters. The third kappa shape index (κ3) is 8.12. The highest BCUT2D eigenvalue weighted by Gasteiger charge is 2.10. The molecule has 0 aliphatic heterocycles. The van der Waals surface area contributed by atoms with Gasteiger partial charge in [-0.3, -0.25) is 14.4 Å². The predicted molar refractivity (Wildman–Crippen MR) is 124 cm³/mol. The summed E-state index contributed by atoms with van der Waals surface area (Å²) in [5.74, 6) is -0.552. The van der Waals surface area contributed by atoms with E-state index in [1.54, 1.807) is 48.5 Å². The van der Waals surface area contributed by atoms with Crippen molar-refractivity contribution in [3.63, 3.8) is 0 Å². The van der Waals surface area contributed by atoms with Crippen LogP contribution >= 0.6 is 0 Å². The number of unbranched alkanes of at least 4 members (excludes halogenated alkanes) is 1. The first-order valence-electron chi connectivity index (χ1n) is 10.8. The van der Waals surface area contributed by atoms with Crippen LogP contribution < -0.4 is 21.3 Å². The number of amides is 3. The zero-order chi connectivity index (χ0) is 22.6. The van der Waals surface area contributed by atoms with E-state index in [1.807, 2.05) is 13.8 Å². The molecule has 0 aromatic heterocycles. The number of carbonyl (C=O) groups excluding carboxylic acids is 3. The maximum atomic E-state index is 12.3. The molecule has 0 aliphatic rings. The Balaban J connectivity index is 1.90. The second-order valence-corrected chi connectivity index (χ2v) is 7.46. The van der Waals surface area contributed by atoms with Crippen molar-refractivity contribution in [1.82, 2.24) is 10.6 Å². The van der Waals surface area contributed by atoms with Crippen LogP contribution in [0.3, 0.4) is 0 Å². The van der Waals surface area contributed by atoms with Gasteiger partial charge in [-0.2, -0.15) is 0 Å². The van der Waals surface area contributed by atoms with Crippen LogP contribution in [0.1, 0.15) is 60.7 Å². The van der Waals surface area contributed by atoms with E-state index in [0.29, 0.717) is 29.0 Å². The molecule has 2 aromatic carbocycles. The molecule has 0 saturated carbocycles. The Bertz CT molecular complexity index is 898. The molecule has 0 heterocycles. The molecule has 1 unspecified atom stereocenters. The minimum absolute atomic E-state index is 0.0319. The number of carbonyl (C=O) groups is 3. The molecular weight excluding hydrogens is 392 g/mol. The number of benzene rings is 2. The minimum atomic E-state index is -0.253. The molecule has 2 rings (SSSR count). The summed E-state index contributed by atoms with van der Waals surface area (Å²) < 4.78 is 0. The van der Waals surface area contributed by atoms with Gasteiger partial charge in [0.15, 0.2) is 0 Å². The number of rotatable bonds is 11. The summed E-state index contributed by atoms with van der Waals surface area (Å²) in [6, 6.07) is 13.9. The first-order valence-corrected chi connectivity index (χ1v) is 10.8. The van der Waals surface area contributed by atoms with Crippen LogP contribution in [0.15, 0.2) is 48.5 Å². The summed E-state index contributed by atoms with van der Waals surface area (Å²) in [6.07, 6.45) is 2.79. The predicted octanol–water partition coefficient (Wildman–Crippen LogP) is 3.80. The van der Waals surface area contributed by atoms with E-state index in [9.17, 15) is 14.4 Å².